The summed E-state index contributed by atoms with van der Waals surface area (Å²) in [4.78, 5) is 0. The lowest BCUT2D eigenvalue weighted by Crippen LogP contribution is -2.37. The summed E-state index contributed by atoms with van der Waals surface area (Å²) in [7, 11) is 2.03. The molecule has 0 fully saturated rings. The van der Waals surface area contributed by atoms with Gasteiger partial charge in [-0.15, -0.1) is 13.2 Å². The maximum absolute atomic E-state index is 3.29. The summed E-state index contributed by atoms with van der Waals surface area (Å²) in [5.74, 6) is 0. The molecule has 70 valence electrons. The molecule has 1 nitrogen and oxygen atoms in total. The fourth-order valence-corrected chi connectivity index (χ4v) is 1.25. The lowest BCUT2D eigenvalue weighted by atomic mass is 9.85. The van der Waals surface area contributed by atoms with Crippen LogP contribution in [0.25, 0.3) is 0 Å². The van der Waals surface area contributed by atoms with Crippen molar-refractivity contribution in [3.05, 3.63) is 13.2 Å². The van der Waals surface area contributed by atoms with Gasteiger partial charge >= 0.3 is 0 Å². The highest BCUT2D eigenvalue weighted by molar-refractivity contribution is 4.77. The van der Waals surface area contributed by atoms with Crippen molar-refractivity contribution in [1.29, 1.82) is 0 Å². The van der Waals surface area contributed by atoms with Crippen LogP contribution in [-0.2, 0) is 0 Å². The number of hydrogen-bond donors (Lipinski definition) is 1. The molecule has 0 aliphatic rings. The van der Waals surface area contributed by atoms with Gasteiger partial charge in [-0.05, 0) is 18.9 Å². The Morgan fingerprint density at radius 1 is 1.36 bits per heavy atom. The van der Waals surface area contributed by atoms with E-state index in [1.165, 1.54) is 6.42 Å². The largest absolute Gasteiger partial charge is 0.316 e. The van der Waals surface area contributed by atoms with E-state index in [4.69, 9.17) is 0 Å². The zero-order valence-corrected chi connectivity index (χ0v) is 8.70. The fourth-order valence-electron chi connectivity index (χ4n) is 1.25. The molecule has 0 spiro atoms. The van der Waals surface area contributed by atoms with E-state index >= 15 is 0 Å². The predicted molar refractivity (Wildman–Crippen MR) is 56.0 cm³/mol. The maximum atomic E-state index is 3.29. The summed E-state index contributed by atoms with van der Waals surface area (Å²) in [5.41, 5.74) is 0.406. The van der Waals surface area contributed by atoms with Crippen LogP contribution in [0.15, 0.2) is 13.2 Å². The molecule has 1 atom stereocenters. The average molecular weight is 159 g/mol. The van der Waals surface area contributed by atoms with Gasteiger partial charge in [0.2, 0.25) is 0 Å². The Balaban J connectivity index is -0.000000249. The standard InChI is InChI=1S/C8H19N.C2H4.H2/c1-6-7(9-5)8(2,3)4;1-2;/h7,9H,6H2,1-5H3;1-2H2;1H/t7-;;/m0../s1. The lowest BCUT2D eigenvalue weighted by Gasteiger charge is -2.29. The molecule has 0 saturated heterocycles. The Morgan fingerprint density at radius 2 is 1.73 bits per heavy atom. The third kappa shape index (κ3) is 6.11. The van der Waals surface area contributed by atoms with Crippen molar-refractivity contribution < 1.29 is 1.43 Å². The van der Waals surface area contributed by atoms with Crippen molar-refractivity contribution >= 4 is 0 Å². The maximum Gasteiger partial charge on any atom is 0.0110 e. The van der Waals surface area contributed by atoms with E-state index in [1.54, 1.807) is 0 Å². The Bertz CT molecular complexity index is 82.3. The van der Waals surface area contributed by atoms with Crippen molar-refractivity contribution in [2.45, 2.75) is 40.2 Å². The van der Waals surface area contributed by atoms with Gasteiger partial charge in [-0.25, -0.2) is 0 Å². The first kappa shape index (κ1) is 13.3. The lowest BCUT2D eigenvalue weighted by molar-refractivity contribution is 0.275. The summed E-state index contributed by atoms with van der Waals surface area (Å²) in [6, 6.07) is 0.650. The highest BCUT2D eigenvalue weighted by Crippen LogP contribution is 2.20. The van der Waals surface area contributed by atoms with Gasteiger partial charge in [0, 0.05) is 7.47 Å². The minimum absolute atomic E-state index is 0. The molecule has 0 unspecified atom stereocenters. The molecule has 1 N–H and O–H groups in total. The highest BCUT2D eigenvalue weighted by atomic mass is 14.9. The van der Waals surface area contributed by atoms with E-state index in [-0.39, 0.29) is 1.43 Å². The van der Waals surface area contributed by atoms with Gasteiger partial charge < -0.3 is 5.32 Å². The third-order valence-electron chi connectivity index (χ3n) is 1.80. The molecule has 0 aromatic carbocycles. The van der Waals surface area contributed by atoms with Gasteiger partial charge in [-0.1, -0.05) is 27.7 Å². The molecule has 0 bridgehead atoms. The fraction of sp³-hybridized carbons (Fsp3) is 0.800. The van der Waals surface area contributed by atoms with Crippen LogP contribution in [0.5, 0.6) is 0 Å². The van der Waals surface area contributed by atoms with E-state index in [2.05, 4.69) is 46.2 Å². The van der Waals surface area contributed by atoms with E-state index in [1.807, 2.05) is 7.05 Å². The Morgan fingerprint density at radius 3 is 1.73 bits per heavy atom. The minimum atomic E-state index is 0. The van der Waals surface area contributed by atoms with Crippen molar-refractivity contribution in [2.24, 2.45) is 5.41 Å². The average Bonchev–Trinajstić information content (AvgIpc) is 1.92. The molecule has 0 rings (SSSR count). The SMILES string of the molecule is C=C.CC[C@H](NC)C(C)(C)C.[HH]. The first-order chi connectivity index (χ1) is 5.02. The third-order valence-corrected chi connectivity index (χ3v) is 1.80. The molecule has 1 heteroatoms. The molecule has 0 heterocycles. The van der Waals surface area contributed by atoms with Gasteiger partial charge in [0.1, 0.15) is 0 Å². The first-order valence-corrected chi connectivity index (χ1v) is 4.19. The van der Waals surface area contributed by atoms with E-state index in [9.17, 15) is 0 Å². The van der Waals surface area contributed by atoms with Crippen LogP contribution in [0, 0.1) is 5.41 Å². The molecule has 0 aliphatic heterocycles. The second-order valence-corrected chi connectivity index (χ2v) is 3.62. The molecular weight excluding hydrogens is 134 g/mol. The van der Waals surface area contributed by atoms with Gasteiger partial charge in [-0.3, -0.25) is 0 Å². The summed E-state index contributed by atoms with van der Waals surface area (Å²) in [5, 5.41) is 3.29. The predicted octanol–water partition coefficient (Wildman–Crippen LogP) is 3.08. The molecule has 0 saturated carbocycles. The van der Waals surface area contributed by atoms with Crippen molar-refractivity contribution in [2.75, 3.05) is 7.05 Å². The number of hydrogen-bond acceptors (Lipinski definition) is 1. The summed E-state index contributed by atoms with van der Waals surface area (Å²) in [6.45, 7) is 15.0. The molecule has 11 heavy (non-hydrogen) atoms. The number of nitrogens with one attached hydrogen (secondary N) is 1. The normalized spacial score (nSPS) is 13.2. The van der Waals surface area contributed by atoms with Crippen LogP contribution >= 0.6 is 0 Å². The topological polar surface area (TPSA) is 12.0 Å². The monoisotopic (exact) mass is 159 g/mol. The minimum Gasteiger partial charge on any atom is -0.316 e. The van der Waals surface area contributed by atoms with Gasteiger partial charge in [-0.2, -0.15) is 0 Å². The van der Waals surface area contributed by atoms with E-state index in [0.717, 1.165) is 0 Å². The highest BCUT2D eigenvalue weighted by Gasteiger charge is 2.20. The summed E-state index contributed by atoms with van der Waals surface area (Å²) < 4.78 is 0. The van der Waals surface area contributed by atoms with Crippen molar-refractivity contribution in [3.8, 4) is 0 Å². The summed E-state index contributed by atoms with van der Waals surface area (Å²) in [6.07, 6.45) is 1.21. The molecule has 0 radical (unpaired) electrons. The first-order valence-electron chi connectivity index (χ1n) is 4.19. The molecule has 0 amide bonds. The second kappa shape index (κ2) is 6.41. The number of rotatable bonds is 2. The molecule has 0 aromatic rings. The molecular formula is C10H25N. The van der Waals surface area contributed by atoms with Crippen LogP contribution in [0.4, 0.5) is 0 Å². The molecule has 0 aliphatic carbocycles. The van der Waals surface area contributed by atoms with Crippen LogP contribution in [-0.4, -0.2) is 13.1 Å². The van der Waals surface area contributed by atoms with Gasteiger partial charge in [0.05, 0.1) is 0 Å². The van der Waals surface area contributed by atoms with E-state index in [0.29, 0.717) is 11.5 Å². The Kier molecular flexibility index (Phi) is 7.75. The zero-order valence-electron chi connectivity index (χ0n) is 8.70. The van der Waals surface area contributed by atoms with Crippen molar-refractivity contribution in [3.63, 3.8) is 0 Å². The zero-order chi connectivity index (χ0) is 9.49. The smallest absolute Gasteiger partial charge is 0.0110 e. The van der Waals surface area contributed by atoms with Crippen molar-refractivity contribution in [1.82, 2.24) is 5.32 Å². The van der Waals surface area contributed by atoms with Crippen LogP contribution < -0.4 is 5.32 Å². The van der Waals surface area contributed by atoms with Crippen LogP contribution in [0.3, 0.4) is 0 Å². The quantitative estimate of drug-likeness (QED) is 0.611. The Hall–Kier alpha value is -0.300. The van der Waals surface area contributed by atoms with E-state index < -0.39 is 0 Å². The van der Waals surface area contributed by atoms with Crippen LogP contribution in [0.1, 0.15) is 35.5 Å². The molecule has 0 aromatic heterocycles. The second-order valence-electron chi connectivity index (χ2n) is 3.62. The summed E-state index contributed by atoms with van der Waals surface area (Å²) >= 11 is 0. The van der Waals surface area contributed by atoms with Gasteiger partial charge in [0.15, 0.2) is 0 Å². The van der Waals surface area contributed by atoms with Crippen LogP contribution in [0.2, 0.25) is 0 Å². The Labute approximate surface area is 73.4 Å². The van der Waals surface area contributed by atoms with Gasteiger partial charge in [0.25, 0.3) is 0 Å².